The van der Waals surface area contributed by atoms with Gasteiger partial charge < -0.3 is 24.7 Å². The number of benzene rings is 3. The van der Waals surface area contributed by atoms with E-state index in [1.54, 1.807) is 30.7 Å². The van der Waals surface area contributed by atoms with Gasteiger partial charge in [-0.15, -0.1) is 10.2 Å². The van der Waals surface area contributed by atoms with Crippen LogP contribution in [-0.2, 0) is 11.2 Å². The monoisotopic (exact) mass is 529 g/mol. The number of carbonyl (C=O) groups excluding carboxylic acids is 1. The molecule has 3 aromatic carbocycles. The fraction of sp³-hybridized carbons (Fsp3) is 0.0667. The van der Waals surface area contributed by atoms with Crippen molar-refractivity contribution in [3.05, 3.63) is 109 Å². The van der Waals surface area contributed by atoms with Gasteiger partial charge in [0.15, 0.2) is 23.1 Å². The van der Waals surface area contributed by atoms with Crippen molar-refractivity contribution in [2.24, 2.45) is 0 Å². The molecule has 6 aromatic rings. The van der Waals surface area contributed by atoms with Crippen molar-refractivity contribution in [2.75, 3.05) is 17.4 Å². The number of ether oxygens (including phenoxy) is 2. The van der Waals surface area contributed by atoms with E-state index in [0.29, 0.717) is 28.8 Å². The first-order chi connectivity index (χ1) is 19.7. The minimum Gasteiger partial charge on any atom is -0.454 e. The molecule has 10 heteroatoms. The number of aromatic nitrogens is 5. The summed E-state index contributed by atoms with van der Waals surface area (Å²) in [5.74, 6) is 2.44. The highest BCUT2D eigenvalue weighted by Crippen LogP contribution is 2.34. The molecular formula is C30H23N7O3. The van der Waals surface area contributed by atoms with Gasteiger partial charge in [0.2, 0.25) is 12.7 Å². The third-order valence-electron chi connectivity index (χ3n) is 6.64. The first-order valence-corrected chi connectivity index (χ1v) is 12.7. The Bertz CT molecular complexity index is 1810. The Morgan fingerprint density at radius 1 is 0.900 bits per heavy atom. The Hall–Kier alpha value is -5.64. The van der Waals surface area contributed by atoms with Gasteiger partial charge in [0, 0.05) is 47.1 Å². The second-order valence-corrected chi connectivity index (χ2v) is 9.25. The minimum absolute atomic E-state index is 0.133. The van der Waals surface area contributed by atoms with E-state index in [4.69, 9.17) is 9.47 Å². The zero-order valence-electron chi connectivity index (χ0n) is 21.2. The summed E-state index contributed by atoms with van der Waals surface area (Å²) >= 11 is 0. The molecule has 0 atom stereocenters. The maximum atomic E-state index is 12.9. The van der Waals surface area contributed by atoms with Crippen molar-refractivity contribution in [1.29, 1.82) is 0 Å². The largest absolute Gasteiger partial charge is 0.454 e. The smallest absolute Gasteiger partial charge is 0.231 e. The average molecular weight is 530 g/mol. The molecule has 0 aliphatic carbocycles. The topological polar surface area (TPSA) is 108 Å². The molecule has 10 nitrogen and oxygen atoms in total. The summed E-state index contributed by atoms with van der Waals surface area (Å²) < 4.78 is 14.7. The van der Waals surface area contributed by atoms with Gasteiger partial charge in [-0.2, -0.15) is 0 Å². The fourth-order valence-electron chi connectivity index (χ4n) is 4.73. The number of imidazole rings is 1. The molecule has 3 aromatic heterocycles. The Morgan fingerprint density at radius 3 is 2.58 bits per heavy atom. The summed E-state index contributed by atoms with van der Waals surface area (Å²) in [6.45, 7) is 0.187. The summed E-state index contributed by atoms with van der Waals surface area (Å²) in [6.07, 6.45) is 7.54. The molecule has 0 spiro atoms. The molecule has 7 rings (SSSR count). The number of para-hydroxylation sites is 1. The van der Waals surface area contributed by atoms with Crippen LogP contribution in [0.3, 0.4) is 0 Å². The first-order valence-electron chi connectivity index (χ1n) is 12.7. The second-order valence-electron chi connectivity index (χ2n) is 9.25. The molecule has 2 N–H and O–H groups in total. The van der Waals surface area contributed by atoms with Crippen LogP contribution in [0.15, 0.2) is 104 Å². The van der Waals surface area contributed by atoms with Gasteiger partial charge in [-0.05, 0) is 60.2 Å². The van der Waals surface area contributed by atoms with E-state index in [2.05, 4.69) is 25.8 Å². The predicted molar refractivity (Wildman–Crippen MR) is 151 cm³/mol. The lowest BCUT2D eigenvalue weighted by atomic mass is 10.1. The number of anilines is 3. The molecule has 40 heavy (non-hydrogen) atoms. The molecule has 1 amide bonds. The van der Waals surface area contributed by atoms with Gasteiger partial charge in [0.05, 0.1) is 18.3 Å². The van der Waals surface area contributed by atoms with Crippen LogP contribution in [0, 0.1) is 0 Å². The summed E-state index contributed by atoms with van der Waals surface area (Å²) in [5.41, 5.74) is 4.40. The Balaban J connectivity index is 1.08. The van der Waals surface area contributed by atoms with Gasteiger partial charge in [-0.3, -0.25) is 9.36 Å². The molecule has 0 bridgehead atoms. The summed E-state index contributed by atoms with van der Waals surface area (Å²) in [7, 11) is 0. The zero-order chi connectivity index (χ0) is 26.9. The quantitative estimate of drug-likeness (QED) is 0.290. The minimum atomic E-state index is -0.133. The number of amides is 1. The highest BCUT2D eigenvalue weighted by Gasteiger charge is 2.17. The van der Waals surface area contributed by atoms with E-state index in [0.717, 1.165) is 27.8 Å². The third-order valence-corrected chi connectivity index (χ3v) is 6.64. The number of hydrogen-bond acceptors (Lipinski definition) is 7. The molecule has 0 saturated heterocycles. The highest BCUT2D eigenvalue weighted by molar-refractivity contribution is 5.96. The van der Waals surface area contributed by atoms with Gasteiger partial charge in [0.25, 0.3) is 0 Å². The maximum Gasteiger partial charge on any atom is 0.231 e. The fourth-order valence-corrected chi connectivity index (χ4v) is 4.73. The van der Waals surface area contributed by atoms with E-state index in [9.17, 15) is 4.79 Å². The van der Waals surface area contributed by atoms with Crippen LogP contribution in [0.2, 0.25) is 0 Å². The lowest BCUT2D eigenvalue weighted by Crippen LogP contribution is -2.14. The van der Waals surface area contributed by atoms with Crippen molar-refractivity contribution in [1.82, 2.24) is 24.3 Å². The van der Waals surface area contributed by atoms with Crippen molar-refractivity contribution in [3.63, 3.8) is 0 Å². The van der Waals surface area contributed by atoms with Crippen LogP contribution in [0.25, 0.3) is 22.4 Å². The predicted octanol–water partition coefficient (Wildman–Crippen LogP) is 5.26. The molecule has 0 fully saturated rings. The molecule has 1 aliphatic rings. The van der Waals surface area contributed by atoms with Crippen molar-refractivity contribution >= 4 is 34.0 Å². The third kappa shape index (κ3) is 4.58. The van der Waals surface area contributed by atoms with Gasteiger partial charge in [-0.25, -0.2) is 4.98 Å². The Morgan fingerprint density at radius 2 is 1.75 bits per heavy atom. The van der Waals surface area contributed by atoms with Crippen molar-refractivity contribution < 1.29 is 14.3 Å². The van der Waals surface area contributed by atoms with Gasteiger partial charge >= 0.3 is 0 Å². The van der Waals surface area contributed by atoms with Crippen molar-refractivity contribution in [2.45, 2.75) is 6.42 Å². The first kappa shape index (κ1) is 23.5. The molecule has 0 unspecified atom stereocenters. The molecule has 4 heterocycles. The van der Waals surface area contributed by atoms with Gasteiger partial charge in [-0.1, -0.05) is 18.2 Å². The molecule has 0 radical (unpaired) electrons. The number of hydrogen-bond donors (Lipinski definition) is 2. The van der Waals surface area contributed by atoms with Crippen LogP contribution in [0.4, 0.5) is 17.2 Å². The van der Waals surface area contributed by atoms with E-state index < -0.39 is 0 Å². The van der Waals surface area contributed by atoms with Crippen LogP contribution >= 0.6 is 0 Å². The number of nitrogens with one attached hydrogen (secondary N) is 2. The standard InChI is InChI=1S/C30H23N7O3/c38-30(33-22-7-10-26-27(16-22)40-19-39-26)15-20-17-37(25-4-2-1-3-24(20)25)29-12-11-28(34-35-29)32-21-5-8-23(9-6-21)36-14-13-31-18-36/h1-14,16-18H,15,19H2,(H,32,34)(H,33,38). The lowest BCUT2D eigenvalue weighted by molar-refractivity contribution is -0.115. The van der Waals surface area contributed by atoms with E-state index in [1.807, 2.05) is 82.2 Å². The Kier molecular flexibility index (Phi) is 5.82. The summed E-state index contributed by atoms with van der Waals surface area (Å²) in [4.78, 5) is 17.0. The number of carbonyl (C=O) groups is 1. The average Bonchev–Trinajstić information content (AvgIpc) is 3.75. The maximum absolute atomic E-state index is 12.9. The number of fused-ring (bicyclic) bond motifs is 2. The number of rotatable bonds is 7. The van der Waals surface area contributed by atoms with E-state index in [1.165, 1.54) is 0 Å². The van der Waals surface area contributed by atoms with Crippen LogP contribution in [0.1, 0.15) is 5.56 Å². The van der Waals surface area contributed by atoms with Crippen LogP contribution < -0.4 is 20.1 Å². The van der Waals surface area contributed by atoms with Gasteiger partial charge in [0.1, 0.15) is 0 Å². The zero-order valence-corrected chi connectivity index (χ0v) is 21.2. The van der Waals surface area contributed by atoms with Crippen molar-refractivity contribution in [3.8, 4) is 23.0 Å². The van der Waals surface area contributed by atoms with E-state index >= 15 is 0 Å². The Labute approximate surface area is 228 Å². The lowest BCUT2D eigenvalue weighted by Gasteiger charge is -2.08. The SMILES string of the molecule is O=C(Cc1cn(-c2ccc(Nc3ccc(-n4ccnc4)cc3)nn2)c2ccccc12)Nc1ccc2c(c1)OCO2. The summed E-state index contributed by atoms with van der Waals surface area (Å²) in [5, 5.41) is 16.1. The van der Waals surface area contributed by atoms with E-state index in [-0.39, 0.29) is 19.1 Å². The molecule has 1 aliphatic heterocycles. The molecule has 196 valence electrons. The van der Waals surface area contributed by atoms with Crippen LogP contribution in [0.5, 0.6) is 11.5 Å². The normalized spacial score (nSPS) is 12.0. The highest BCUT2D eigenvalue weighted by atomic mass is 16.7. The molecular weight excluding hydrogens is 506 g/mol. The summed E-state index contributed by atoms with van der Waals surface area (Å²) in [6, 6.07) is 25.0. The second kappa shape index (κ2) is 9.91. The number of nitrogens with zero attached hydrogens (tertiary/aromatic N) is 5. The van der Waals surface area contributed by atoms with Crippen LogP contribution in [-0.4, -0.2) is 37.0 Å². The molecule has 0 saturated carbocycles.